The first-order chi connectivity index (χ1) is 15.2. The van der Waals surface area contributed by atoms with Gasteiger partial charge in [0.1, 0.15) is 5.54 Å². The van der Waals surface area contributed by atoms with Crippen LogP contribution in [-0.2, 0) is 24.3 Å². The van der Waals surface area contributed by atoms with Crippen LogP contribution < -0.4 is 14.9 Å². The zero-order chi connectivity index (χ0) is 22.9. The van der Waals surface area contributed by atoms with Gasteiger partial charge in [-0.05, 0) is 37.1 Å². The number of nitrogens with zero attached hydrogens (tertiary/aromatic N) is 1. The first kappa shape index (κ1) is 21.8. The molecular weight excluding hydrogens is 434 g/mol. The minimum atomic E-state index is -3.61. The number of hydrogen-bond acceptors (Lipinski definition) is 6. The van der Waals surface area contributed by atoms with Gasteiger partial charge < -0.3 is 10.1 Å². The van der Waals surface area contributed by atoms with E-state index in [2.05, 4.69) is 10.0 Å². The van der Waals surface area contributed by atoms with E-state index >= 15 is 0 Å². The molecule has 2 amide bonds. The molecule has 2 aromatic carbocycles. The van der Waals surface area contributed by atoms with Crippen LogP contribution in [0.5, 0.6) is 0 Å². The van der Waals surface area contributed by atoms with Crippen LogP contribution in [0.2, 0.25) is 0 Å². The molecular formula is C22H23N3O6S. The van der Waals surface area contributed by atoms with Crippen molar-refractivity contribution in [1.82, 2.24) is 0 Å². The number of nitrogens with one attached hydrogen (secondary N) is 2. The first-order valence-corrected chi connectivity index (χ1v) is 12.1. The highest BCUT2D eigenvalue weighted by molar-refractivity contribution is 7.92. The molecule has 1 heterocycles. The summed E-state index contributed by atoms with van der Waals surface area (Å²) in [4.78, 5) is 40.3. The van der Waals surface area contributed by atoms with Crippen LogP contribution in [0.15, 0.2) is 48.5 Å². The van der Waals surface area contributed by atoms with Crippen molar-refractivity contribution in [1.29, 1.82) is 0 Å². The third-order valence-electron chi connectivity index (χ3n) is 5.69. The topological polar surface area (TPSA) is 122 Å². The normalized spacial score (nSPS) is 16.9. The molecule has 0 saturated heterocycles. The van der Waals surface area contributed by atoms with Gasteiger partial charge in [0.2, 0.25) is 10.0 Å². The van der Waals surface area contributed by atoms with Crippen LogP contribution in [0.3, 0.4) is 0 Å². The van der Waals surface area contributed by atoms with Gasteiger partial charge in [0.05, 0.1) is 28.9 Å². The van der Waals surface area contributed by atoms with Crippen LogP contribution in [-0.4, -0.2) is 44.6 Å². The number of para-hydroxylation sites is 3. The van der Waals surface area contributed by atoms with Crippen molar-refractivity contribution in [3.8, 4) is 0 Å². The highest BCUT2D eigenvalue weighted by Crippen LogP contribution is 2.45. The molecule has 2 aromatic rings. The molecule has 0 atom stereocenters. The number of amides is 2. The molecule has 1 aliphatic carbocycles. The Labute approximate surface area is 185 Å². The maximum Gasteiger partial charge on any atom is 0.340 e. The SMILES string of the molecule is CS(=O)(=O)Nc1ccccc1C(=O)OCC(=O)N1c2ccccc2NC(=O)C12CCCC2. The van der Waals surface area contributed by atoms with Crippen LogP contribution in [0, 0.1) is 0 Å². The molecule has 0 unspecified atom stereocenters. The van der Waals surface area contributed by atoms with Crippen LogP contribution in [0.1, 0.15) is 36.0 Å². The average molecular weight is 458 g/mol. The Hall–Kier alpha value is -3.40. The highest BCUT2D eigenvalue weighted by atomic mass is 32.2. The number of benzene rings is 2. The summed E-state index contributed by atoms with van der Waals surface area (Å²) in [6, 6.07) is 13.0. The Balaban J connectivity index is 1.58. The Kier molecular flexibility index (Phi) is 5.64. The smallest absolute Gasteiger partial charge is 0.340 e. The number of anilines is 3. The Bertz CT molecular complexity index is 1190. The fourth-order valence-electron chi connectivity index (χ4n) is 4.35. The van der Waals surface area contributed by atoms with Gasteiger partial charge in [0.25, 0.3) is 11.8 Å². The maximum atomic E-state index is 13.3. The van der Waals surface area contributed by atoms with E-state index in [0.29, 0.717) is 24.2 Å². The quantitative estimate of drug-likeness (QED) is 0.666. The summed E-state index contributed by atoms with van der Waals surface area (Å²) in [6.45, 7) is -0.588. The second-order valence-corrected chi connectivity index (χ2v) is 9.68. The third kappa shape index (κ3) is 4.05. The van der Waals surface area contributed by atoms with Crippen LogP contribution >= 0.6 is 0 Å². The molecule has 1 aliphatic heterocycles. The van der Waals surface area contributed by atoms with Crippen molar-refractivity contribution in [3.05, 3.63) is 54.1 Å². The summed E-state index contributed by atoms with van der Waals surface area (Å²) < 4.78 is 30.7. The molecule has 1 fully saturated rings. The van der Waals surface area contributed by atoms with Crippen molar-refractivity contribution in [2.24, 2.45) is 0 Å². The number of hydrogen-bond donors (Lipinski definition) is 2. The van der Waals surface area contributed by atoms with E-state index in [9.17, 15) is 22.8 Å². The summed E-state index contributed by atoms with van der Waals surface area (Å²) in [5.74, 6) is -1.60. The number of carbonyl (C=O) groups excluding carboxylic acids is 3. The van der Waals surface area contributed by atoms with Gasteiger partial charge >= 0.3 is 5.97 Å². The van der Waals surface area contributed by atoms with Crippen LogP contribution in [0.4, 0.5) is 17.1 Å². The van der Waals surface area contributed by atoms with E-state index in [1.54, 1.807) is 36.4 Å². The summed E-state index contributed by atoms with van der Waals surface area (Å²) in [7, 11) is -3.61. The number of fused-ring (bicyclic) bond motifs is 1. The molecule has 1 saturated carbocycles. The van der Waals surface area contributed by atoms with Crippen molar-refractivity contribution < 1.29 is 27.5 Å². The fraction of sp³-hybridized carbons (Fsp3) is 0.318. The lowest BCUT2D eigenvalue weighted by Gasteiger charge is -2.44. The minimum Gasteiger partial charge on any atom is -0.452 e. The van der Waals surface area contributed by atoms with Crippen molar-refractivity contribution in [2.75, 3.05) is 27.8 Å². The molecule has 9 nitrogen and oxygen atoms in total. The van der Waals surface area contributed by atoms with E-state index < -0.39 is 34.0 Å². The molecule has 1 spiro atoms. The molecule has 4 rings (SSSR count). The number of sulfonamides is 1. The molecule has 0 bridgehead atoms. The number of carbonyl (C=O) groups is 3. The Morgan fingerprint density at radius 1 is 1.09 bits per heavy atom. The summed E-state index contributed by atoms with van der Waals surface area (Å²) in [5.41, 5.74) is 0.125. The second kappa shape index (κ2) is 8.27. The van der Waals surface area contributed by atoms with E-state index in [1.807, 2.05) is 0 Å². The van der Waals surface area contributed by atoms with Gasteiger partial charge in [-0.15, -0.1) is 0 Å². The van der Waals surface area contributed by atoms with Gasteiger partial charge in [-0.1, -0.05) is 37.1 Å². The second-order valence-electron chi connectivity index (χ2n) is 7.94. The molecule has 168 valence electrons. The number of ether oxygens (including phenoxy) is 1. The lowest BCUT2D eigenvalue weighted by atomic mass is 9.90. The predicted octanol–water partition coefficient (Wildman–Crippen LogP) is 2.51. The fourth-order valence-corrected chi connectivity index (χ4v) is 4.93. The number of rotatable bonds is 5. The van der Waals surface area contributed by atoms with E-state index in [1.165, 1.54) is 17.0 Å². The van der Waals surface area contributed by atoms with Gasteiger partial charge in [0.15, 0.2) is 6.61 Å². The number of esters is 1. The van der Waals surface area contributed by atoms with Crippen molar-refractivity contribution in [3.63, 3.8) is 0 Å². The molecule has 0 radical (unpaired) electrons. The predicted molar refractivity (Wildman–Crippen MR) is 119 cm³/mol. The van der Waals surface area contributed by atoms with Crippen molar-refractivity contribution >= 4 is 44.9 Å². The molecule has 2 aliphatic rings. The summed E-state index contributed by atoms with van der Waals surface area (Å²) in [5, 5.41) is 2.89. The monoisotopic (exact) mass is 457 g/mol. The highest BCUT2D eigenvalue weighted by Gasteiger charge is 2.52. The summed E-state index contributed by atoms with van der Waals surface area (Å²) >= 11 is 0. The summed E-state index contributed by atoms with van der Waals surface area (Å²) in [6.07, 6.45) is 3.63. The zero-order valence-corrected chi connectivity index (χ0v) is 18.3. The van der Waals surface area contributed by atoms with Gasteiger partial charge in [0, 0.05) is 0 Å². The molecule has 10 heteroatoms. The van der Waals surface area contributed by atoms with E-state index in [0.717, 1.165) is 19.1 Å². The van der Waals surface area contributed by atoms with Gasteiger partial charge in [-0.25, -0.2) is 13.2 Å². The zero-order valence-electron chi connectivity index (χ0n) is 17.5. The van der Waals surface area contributed by atoms with Crippen molar-refractivity contribution in [2.45, 2.75) is 31.2 Å². The lowest BCUT2D eigenvalue weighted by molar-refractivity contribution is -0.129. The minimum absolute atomic E-state index is 0.0157. The third-order valence-corrected chi connectivity index (χ3v) is 6.28. The van der Waals surface area contributed by atoms with E-state index in [4.69, 9.17) is 4.74 Å². The lowest BCUT2D eigenvalue weighted by Crippen LogP contribution is -2.61. The first-order valence-electron chi connectivity index (χ1n) is 10.2. The maximum absolute atomic E-state index is 13.3. The Morgan fingerprint density at radius 2 is 1.75 bits per heavy atom. The molecule has 32 heavy (non-hydrogen) atoms. The average Bonchev–Trinajstić information content (AvgIpc) is 3.22. The van der Waals surface area contributed by atoms with Crippen LogP contribution in [0.25, 0.3) is 0 Å². The largest absolute Gasteiger partial charge is 0.452 e. The van der Waals surface area contributed by atoms with Gasteiger partial charge in [-0.3, -0.25) is 19.2 Å². The van der Waals surface area contributed by atoms with E-state index in [-0.39, 0.29) is 17.2 Å². The molecule has 2 N–H and O–H groups in total. The molecule has 0 aromatic heterocycles. The van der Waals surface area contributed by atoms with Gasteiger partial charge in [-0.2, -0.15) is 0 Å². The standard InChI is InChI=1S/C22H23N3O6S/c1-32(29,30)24-16-9-3-2-8-15(16)20(27)31-14-19(26)25-18-11-5-4-10-17(18)23-21(28)22(25)12-6-7-13-22/h2-5,8-11,24H,6-7,12-14H2,1H3,(H,23,28). The Morgan fingerprint density at radius 3 is 2.47 bits per heavy atom.